The lowest BCUT2D eigenvalue weighted by Gasteiger charge is -2.07. The number of pyridine rings is 1. The molecule has 5 heteroatoms. The molecule has 0 saturated carbocycles. The predicted molar refractivity (Wildman–Crippen MR) is 91.9 cm³/mol. The Kier molecular flexibility index (Phi) is 4.24. The van der Waals surface area contributed by atoms with E-state index in [-0.39, 0.29) is 5.91 Å². The Balaban J connectivity index is 1.66. The fraction of sp³-hybridized carbons (Fsp3) is 0.176. The average molecular weight is 358 g/mol. The van der Waals surface area contributed by atoms with Crippen molar-refractivity contribution in [1.82, 2.24) is 9.55 Å². The summed E-state index contributed by atoms with van der Waals surface area (Å²) >= 11 is 3.48. The molecular formula is C17H16BrN3O. The number of carbonyl (C=O) groups excluding carboxylic acids is 1. The number of hydrogen-bond donors (Lipinski definition) is 1. The minimum atomic E-state index is -0.0325. The standard InChI is InChI=1S/C17H16BrN3O/c1-12-4-7-19-16(10-12)20-17(22)6-9-21-8-5-13-2-3-14(18)11-15(13)21/h2-5,7-8,10-11H,6,9H2,1H3,(H,19,20,22). The Morgan fingerprint density at radius 2 is 2.14 bits per heavy atom. The summed E-state index contributed by atoms with van der Waals surface area (Å²) in [5.41, 5.74) is 2.20. The zero-order chi connectivity index (χ0) is 15.5. The van der Waals surface area contributed by atoms with Gasteiger partial charge in [0, 0.05) is 35.3 Å². The highest BCUT2D eigenvalue weighted by Gasteiger charge is 2.06. The molecular weight excluding hydrogens is 342 g/mol. The number of hydrogen-bond acceptors (Lipinski definition) is 2. The number of anilines is 1. The Bertz CT molecular complexity index is 826. The first-order valence-corrected chi connectivity index (χ1v) is 7.88. The predicted octanol–water partition coefficient (Wildman–Crippen LogP) is 4.14. The van der Waals surface area contributed by atoms with Crippen LogP contribution in [0.25, 0.3) is 10.9 Å². The van der Waals surface area contributed by atoms with Gasteiger partial charge < -0.3 is 9.88 Å². The molecule has 0 unspecified atom stereocenters. The molecule has 0 bridgehead atoms. The minimum absolute atomic E-state index is 0.0325. The molecule has 4 nitrogen and oxygen atoms in total. The fourth-order valence-corrected chi connectivity index (χ4v) is 2.73. The molecule has 22 heavy (non-hydrogen) atoms. The van der Waals surface area contributed by atoms with E-state index < -0.39 is 0 Å². The number of amides is 1. The third-order valence-electron chi connectivity index (χ3n) is 3.50. The zero-order valence-electron chi connectivity index (χ0n) is 12.2. The topological polar surface area (TPSA) is 46.9 Å². The number of benzene rings is 1. The van der Waals surface area contributed by atoms with Gasteiger partial charge in [-0.15, -0.1) is 0 Å². The third kappa shape index (κ3) is 3.36. The van der Waals surface area contributed by atoms with Crippen molar-refractivity contribution in [3.8, 4) is 0 Å². The number of rotatable bonds is 4. The molecule has 0 aliphatic rings. The first-order valence-electron chi connectivity index (χ1n) is 7.09. The highest BCUT2D eigenvalue weighted by molar-refractivity contribution is 9.10. The number of aromatic nitrogens is 2. The van der Waals surface area contributed by atoms with Crippen molar-refractivity contribution in [3.05, 3.63) is 58.8 Å². The Morgan fingerprint density at radius 3 is 2.95 bits per heavy atom. The van der Waals surface area contributed by atoms with Gasteiger partial charge in [0.25, 0.3) is 0 Å². The number of halogens is 1. The normalized spacial score (nSPS) is 10.8. The second-order valence-corrected chi connectivity index (χ2v) is 6.14. The van der Waals surface area contributed by atoms with Crippen molar-refractivity contribution in [2.24, 2.45) is 0 Å². The lowest BCUT2D eigenvalue weighted by Crippen LogP contribution is -2.15. The van der Waals surface area contributed by atoms with Crippen molar-refractivity contribution in [3.63, 3.8) is 0 Å². The minimum Gasteiger partial charge on any atom is -0.347 e. The van der Waals surface area contributed by atoms with Crippen LogP contribution in [0.2, 0.25) is 0 Å². The van der Waals surface area contributed by atoms with Crippen LogP contribution in [-0.4, -0.2) is 15.5 Å². The number of nitrogens with zero attached hydrogens (tertiary/aromatic N) is 2. The summed E-state index contributed by atoms with van der Waals surface area (Å²) in [7, 11) is 0. The van der Waals surface area contributed by atoms with E-state index in [0.717, 1.165) is 15.6 Å². The summed E-state index contributed by atoms with van der Waals surface area (Å²) in [6, 6.07) is 12.0. The lowest BCUT2D eigenvalue weighted by atomic mass is 10.2. The van der Waals surface area contributed by atoms with Gasteiger partial charge in [-0.1, -0.05) is 22.0 Å². The van der Waals surface area contributed by atoms with Crippen LogP contribution >= 0.6 is 15.9 Å². The van der Waals surface area contributed by atoms with E-state index >= 15 is 0 Å². The first-order chi connectivity index (χ1) is 10.6. The van der Waals surface area contributed by atoms with E-state index in [4.69, 9.17) is 0 Å². The molecule has 0 aliphatic carbocycles. The number of nitrogens with one attached hydrogen (secondary N) is 1. The summed E-state index contributed by atoms with van der Waals surface area (Å²) in [6.07, 6.45) is 4.11. The Morgan fingerprint density at radius 1 is 1.27 bits per heavy atom. The van der Waals surface area contributed by atoms with Gasteiger partial charge in [-0.2, -0.15) is 0 Å². The number of fused-ring (bicyclic) bond motifs is 1. The summed E-state index contributed by atoms with van der Waals surface area (Å²) in [6.45, 7) is 2.61. The van der Waals surface area contributed by atoms with E-state index in [1.165, 1.54) is 5.39 Å². The van der Waals surface area contributed by atoms with Crippen molar-refractivity contribution in [1.29, 1.82) is 0 Å². The first kappa shape index (κ1) is 14.8. The fourth-order valence-electron chi connectivity index (χ4n) is 2.38. The zero-order valence-corrected chi connectivity index (χ0v) is 13.8. The van der Waals surface area contributed by atoms with E-state index in [0.29, 0.717) is 18.8 Å². The second-order valence-electron chi connectivity index (χ2n) is 5.23. The van der Waals surface area contributed by atoms with Gasteiger partial charge in [-0.3, -0.25) is 4.79 Å². The van der Waals surface area contributed by atoms with Gasteiger partial charge in [-0.25, -0.2) is 4.98 Å². The van der Waals surface area contributed by atoms with E-state index in [2.05, 4.69) is 49.0 Å². The van der Waals surface area contributed by atoms with Gasteiger partial charge >= 0.3 is 0 Å². The van der Waals surface area contributed by atoms with Crippen molar-refractivity contribution in [2.75, 3.05) is 5.32 Å². The molecule has 1 aromatic carbocycles. The quantitative estimate of drug-likeness (QED) is 0.762. The summed E-state index contributed by atoms with van der Waals surface area (Å²) in [5.74, 6) is 0.569. The van der Waals surface area contributed by atoms with Crippen LogP contribution in [0.3, 0.4) is 0 Å². The Hall–Kier alpha value is -2.14. The molecule has 0 atom stereocenters. The molecule has 0 spiro atoms. The molecule has 0 saturated heterocycles. The summed E-state index contributed by atoms with van der Waals surface area (Å²) in [5, 5.41) is 4.00. The molecule has 3 aromatic rings. The van der Waals surface area contributed by atoms with Crippen LogP contribution in [0.4, 0.5) is 5.82 Å². The summed E-state index contributed by atoms with van der Waals surface area (Å²) < 4.78 is 3.12. The number of carbonyl (C=O) groups is 1. The Labute approximate surface area is 137 Å². The molecule has 112 valence electrons. The largest absolute Gasteiger partial charge is 0.347 e. The molecule has 2 aromatic heterocycles. The highest BCUT2D eigenvalue weighted by atomic mass is 79.9. The third-order valence-corrected chi connectivity index (χ3v) is 3.99. The molecule has 0 aliphatic heterocycles. The van der Waals surface area contributed by atoms with Gasteiger partial charge in [-0.05, 0) is 48.2 Å². The van der Waals surface area contributed by atoms with Gasteiger partial charge in [0.15, 0.2) is 0 Å². The van der Waals surface area contributed by atoms with Crippen LogP contribution in [0, 0.1) is 6.92 Å². The average Bonchev–Trinajstić information content (AvgIpc) is 2.87. The van der Waals surface area contributed by atoms with Crippen LogP contribution < -0.4 is 5.32 Å². The molecule has 1 amide bonds. The smallest absolute Gasteiger partial charge is 0.227 e. The van der Waals surface area contributed by atoms with Crippen molar-refractivity contribution < 1.29 is 4.79 Å². The van der Waals surface area contributed by atoms with Gasteiger partial charge in [0.2, 0.25) is 5.91 Å². The van der Waals surface area contributed by atoms with Crippen molar-refractivity contribution >= 4 is 38.6 Å². The van der Waals surface area contributed by atoms with Crippen LogP contribution in [0.1, 0.15) is 12.0 Å². The number of aryl methyl sites for hydroxylation is 2. The van der Waals surface area contributed by atoms with Gasteiger partial charge in [0.05, 0.1) is 0 Å². The van der Waals surface area contributed by atoms with E-state index in [1.54, 1.807) is 6.20 Å². The molecule has 0 fully saturated rings. The molecule has 0 radical (unpaired) electrons. The van der Waals surface area contributed by atoms with Crippen molar-refractivity contribution in [2.45, 2.75) is 19.9 Å². The van der Waals surface area contributed by atoms with Crippen LogP contribution in [-0.2, 0) is 11.3 Å². The lowest BCUT2D eigenvalue weighted by molar-refractivity contribution is -0.116. The molecule has 1 N–H and O–H groups in total. The second kappa shape index (κ2) is 6.32. The highest BCUT2D eigenvalue weighted by Crippen LogP contribution is 2.21. The summed E-state index contributed by atoms with van der Waals surface area (Å²) in [4.78, 5) is 16.2. The maximum Gasteiger partial charge on any atom is 0.227 e. The molecule has 2 heterocycles. The van der Waals surface area contributed by atoms with E-state index in [1.807, 2.05) is 31.3 Å². The maximum absolute atomic E-state index is 12.0. The van der Waals surface area contributed by atoms with Crippen LogP contribution in [0.15, 0.2) is 53.3 Å². The SMILES string of the molecule is Cc1ccnc(NC(=O)CCn2ccc3ccc(Br)cc32)c1. The van der Waals surface area contributed by atoms with E-state index in [9.17, 15) is 4.79 Å². The monoisotopic (exact) mass is 357 g/mol. The molecule has 3 rings (SSSR count). The van der Waals surface area contributed by atoms with Gasteiger partial charge in [0.1, 0.15) is 5.82 Å². The maximum atomic E-state index is 12.0. The van der Waals surface area contributed by atoms with Crippen LogP contribution in [0.5, 0.6) is 0 Å².